The van der Waals surface area contributed by atoms with Crippen LogP contribution in [0.3, 0.4) is 0 Å². The maximum Gasteiger partial charge on any atom is -0.0321 e. The molecule has 2 aliphatic rings. The van der Waals surface area contributed by atoms with Gasteiger partial charge in [0.2, 0.25) is 0 Å². The molecule has 0 aliphatic heterocycles. The highest BCUT2D eigenvalue weighted by atomic mass is 14.4. The molecule has 2 fully saturated rings. The predicted octanol–water partition coefficient (Wildman–Crippen LogP) is 7.24. The largest absolute Gasteiger partial charge is 0.0625 e. The van der Waals surface area contributed by atoms with Crippen LogP contribution >= 0.6 is 0 Å². The van der Waals surface area contributed by atoms with Gasteiger partial charge in [-0.1, -0.05) is 61.3 Å². The van der Waals surface area contributed by atoms with Crippen LogP contribution in [0.4, 0.5) is 0 Å². The van der Waals surface area contributed by atoms with Gasteiger partial charge in [0.25, 0.3) is 0 Å². The van der Waals surface area contributed by atoms with Crippen molar-refractivity contribution in [2.24, 2.45) is 53.3 Å². The van der Waals surface area contributed by atoms with Crippen molar-refractivity contribution < 1.29 is 0 Å². The summed E-state index contributed by atoms with van der Waals surface area (Å²) in [4.78, 5) is 0. The minimum absolute atomic E-state index is 0.807. The van der Waals surface area contributed by atoms with Gasteiger partial charge in [0, 0.05) is 0 Å². The monoisotopic (exact) mass is 319 g/mol. The maximum absolute atomic E-state index is 2.83. The van der Waals surface area contributed by atoms with Crippen molar-refractivity contribution in [2.45, 2.75) is 87.0 Å². The Labute approximate surface area is 147 Å². The zero-order valence-electron chi connectivity index (χ0n) is 17.0. The first-order chi connectivity index (χ1) is 10.8. The van der Waals surface area contributed by atoms with Crippen LogP contribution in [0.15, 0.2) is 0 Å². The van der Waals surface area contributed by atoms with Crippen LogP contribution in [0.2, 0.25) is 0 Å². The molecule has 0 aromatic carbocycles. The molecular weight excluding hydrogens is 276 g/mol. The molecule has 2 rings (SSSR count). The lowest BCUT2D eigenvalue weighted by atomic mass is 9.61. The van der Waals surface area contributed by atoms with Crippen molar-refractivity contribution in [2.75, 3.05) is 0 Å². The summed E-state index contributed by atoms with van der Waals surface area (Å²) in [5, 5.41) is 0. The van der Waals surface area contributed by atoms with Gasteiger partial charge in [-0.25, -0.2) is 0 Å². The van der Waals surface area contributed by atoms with Gasteiger partial charge in [0.1, 0.15) is 0 Å². The van der Waals surface area contributed by atoms with E-state index >= 15 is 0 Å². The van der Waals surface area contributed by atoms with Crippen LogP contribution in [0.5, 0.6) is 0 Å². The van der Waals surface area contributed by atoms with Crippen LogP contribution in [0.25, 0.3) is 0 Å². The summed E-state index contributed by atoms with van der Waals surface area (Å²) in [5.74, 6) is 8.09. The van der Waals surface area contributed by atoms with E-state index in [1.165, 1.54) is 38.5 Å². The van der Waals surface area contributed by atoms with Gasteiger partial charge in [-0.05, 0) is 85.4 Å². The first kappa shape index (κ1) is 19.3. The lowest BCUT2D eigenvalue weighted by Crippen LogP contribution is -2.35. The molecule has 23 heavy (non-hydrogen) atoms. The highest BCUT2D eigenvalue weighted by Gasteiger charge is 2.37. The Balaban J connectivity index is 2.03. The summed E-state index contributed by atoms with van der Waals surface area (Å²) in [7, 11) is 0. The zero-order valence-corrected chi connectivity index (χ0v) is 17.0. The minimum atomic E-state index is 0.807. The van der Waals surface area contributed by atoms with Crippen molar-refractivity contribution in [3.8, 4) is 0 Å². The molecule has 0 N–H and O–H groups in total. The summed E-state index contributed by atoms with van der Waals surface area (Å²) in [6.07, 6.45) is 11.6. The third kappa shape index (κ3) is 4.99. The number of hydrogen-bond acceptors (Lipinski definition) is 0. The third-order valence-electron chi connectivity index (χ3n) is 7.37. The maximum atomic E-state index is 2.83. The number of rotatable bonds is 5. The van der Waals surface area contributed by atoms with Crippen molar-refractivity contribution in [3.05, 3.63) is 6.42 Å². The van der Waals surface area contributed by atoms with E-state index in [2.05, 4.69) is 54.9 Å². The van der Waals surface area contributed by atoms with E-state index in [0.29, 0.717) is 0 Å². The highest BCUT2D eigenvalue weighted by Crippen LogP contribution is 2.46. The quantitative estimate of drug-likeness (QED) is 0.501. The van der Waals surface area contributed by atoms with E-state index in [0.717, 1.165) is 53.3 Å². The van der Waals surface area contributed by atoms with Crippen molar-refractivity contribution in [3.63, 3.8) is 0 Å². The second-order valence-corrected chi connectivity index (χ2v) is 10.0. The molecule has 0 heteroatoms. The second-order valence-electron chi connectivity index (χ2n) is 10.0. The summed E-state index contributed by atoms with van der Waals surface area (Å²) < 4.78 is 0. The van der Waals surface area contributed by atoms with Gasteiger partial charge in [-0.3, -0.25) is 0 Å². The van der Waals surface area contributed by atoms with E-state index in [1.54, 1.807) is 0 Å². The van der Waals surface area contributed by atoms with Crippen molar-refractivity contribution >= 4 is 0 Å². The first-order valence-electron chi connectivity index (χ1n) is 10.6. The van der Waals surface area contributed by atoms with Crippen LogP contribution in [0.1, 0.15) is 87.0 Å². The van der Waals surface area contributed by atoms with E-state index in [-0.39, 0.29) is 0 Å². The molecule has 2 aliphatic carbocycles. The standard InChI is InChI=1S/C23H43/c1-15(2)21-10-8-17(5)12-20(21)14-19(7)23-13-18(6)9-11-22(23)16(3)4/h14-23H,8-13H2,1-7H3. The van der Waals surface area contributed by atoms with E-state index in [9.17, 15) is 0 Å². The second kappa shape index (κ2) is 8.39. The molecule has 0 bridgehead atoms. The van der Waals surface area contributed by atoms with Crippen LogP contribution in [-0.4, -0.2) is 0 Å². The highest BCUT2D eigenvalue weighted by molar-refractivity contribution is 4.96. The SMILES string of the molecule is CC1CCC(C(C)C)C([CH]C(C)C2CC(C)CCC2C(C)C)C1. The Morgan fingerprint density at radius 2 is 1.17 bits per heavy atom. The van der Waals surface area contributed by atoms with Gasteiger partial charge in [-0.15, -0.1) is 0 Å². The fourth-order valence-corrected chi connectivity index (χ4v) is 5.91. The van der Waals surface area contributed by atoms with Gasteiger partial charge in [-0.2, -0.15) is 0 Å². The Kier molecular flexibility index (Phi) is 7.05. The molecule has 1 radical (unpaired) electrons. The molecule has 7 unspecified atom stereocenters. The molecule has 7 atom stereocenters. The molecule has 0 saturated heterocycles. The van der Waals surface area contributed by atoms with Crippen LogP contribution < -0.4 is 0 Å². The fourth-order valence-electron chi connectivity index (χ4n) is 5.91. The van der Waals surface area contributed by atoms with Gasteiger partial charge >= 0.3 is 0 Å². The average Bonchev–Trinajstić information content (AvgIpc) is 2.46. The third-order valence-corrected chi connectivity index (χ3v) is 7.37. The normalized spacial score (nSPS) is 40.6. The molecule has 0 aromatic rings. The number of hydrogen-bond donors (Lipinski definition) is 0. The first-order valence-corrected chi connectivity index (χ1v) is 10.6. The summed E-state index contributed by atoms with van der Waals surface area (Å²) in [6.45, 7) is 17.3. The lowest BCUT2D eigenvalue weighted by molar-refractivity contribution is 0.0905. The smallest absolute Gasteiger partial charge is 0.0321 e. The summed E-state index contributed by atoms with van der Waals surface area (Å²) in [5.41, 5.74) is 0. The Morgan fingerprint density at radius 3 is 1.74 bits per heavy atom. The van der Waals surface area contributed by atoms with E-state index in [4.69, 9.17) is 0 Å². The summed E-state index contributed by atoms with van der Waals surface area (Å²) in [6, 6.07) is 0. The molecule has 0 spiro atoms. The predicted molar refractivity (Wildman–Crippen MR) is 103 cm³/mol. The zero-order chi connectivity index (χ0) is 17.1. The Bertz CT molecular complexity index is 342. The fraction of sp³-hybridized carbons (Fsp3) is 0.957. The molecule has 0 amide bonds. The minimum Gasteiger partial charge on any atom is -0.0625 e. The topological polar surface area (TPSA) is 0 Å². The van der Waals surface area contributed by atoms with Gasteiger partial charge in [0.05, 0.1) is 0 Å². The van der Waals surface area contributed by atoms with Crippen molar-refractivity contribution in [1.29, 1.82) is 0 Å². The Hall–Kier alpha value is 0. The van der Waals surface area contributed by atoms with Gasteiger partial charge < -0.3 is 0 Å². The lowest BCUT2D eigenvalue weighted by Gasteiger charge is -2.44. The molecule has 0 heterocycles. The van der Waals surface area contributed by atoms with E-state index in [1.807, 2.05) is 0 Å². The van der Waals surface area contributed by atoms with E-state index < -0.39 is 0 Å². The molecular formula is C23H43. The van der Waals surface area contributed by atoms with Crippen LogP contribution in [0, 0.1) is 59.7 Å². The molecule has 0 aromatic heterocycles. The molecule has 0 nitrogen and oxygen atoms in total. The van der Waals surface area contributed by atoms with Gasteiger partial charge in [0.15, 0.2) is 0 Å². The van der Waals surface area contributed by atoms with Crippen molar-refractivity contribution in [1.82, 2.24) is 0 Å². The molecule has 135 valence electrons. The Morgan fingerprint density at radius 1 is 0.652 bits per heavy atom. The molecule has 2 saturated carbocycles. The van der Waals surface area contributed by atoms with Crippen LogP contribution in [-0.2, 0) is 0 Å². The summed E-state index contributed by atoms with van der Waals surface area (Å²) >= 11 is 0. The average molecular weight is 320 g/mol.